The van der Waals surface area contributed by atoms with Gasteiger partial charge in [-0.3, -0.25) is 4.79 Å². The quantitative estimate of drug-likeness (QED) is 0.532. The Kier molecular flexibility index (Phi) is 3.69. The number of thiophene rings is 1. The highest BCUT2D eigenvalue weighted by Crippen LogP contribution is 2.23. The summed E-state index contributed by atoms with van der Waals surface area (Å²) in [6.45, 7) is 0. The summed E-state index contributed by atoms with van der Waals surface area (Å²) in [7, 11) is 0. The molecule has 0 bridgehead atoms. The number of hydrogen-bond donors (Lipinski definition) is 0. The minimum absolute atomic E-state index is 0.202. The zero-order valence-corrected chi connectivity index (χ0v) is 14.5. The van der Waals surface area contributed by atoms with Crippen LogP contribution in [0.1, 0.15) is 5.56 Å². The predicted octanol–water partition coefficient (Wildman–Crippen LogP) is 3.73. The fourth-order valence-electron chi connectivity index (χ4n) is 2.10. The molecule has 0 fully saturated rings. The van der Waals surface area contributed by atoms with E-state index in [0.717, 1.165) is 10.4 Å². The van der Waals surface area contributed by atoms with E-state index in [2.05, 4.69) is 10.1 Å². The van der Waals surface area contributed by atoms with Gasteiger partial charge >= 0.3 is 0 Å². The molecule has 23 heavy (non-hydrogen) atoms. The van der Waals surface area contributed by atoms with Gasteiger partial charge in [-0.15, -0.1) is 16.4 Å². The number of nitrogens with zero attached hydrogens (tertiary/aromatic N) is 3. The van der Waals surface area contributed by atoms with E-state index in [1.165, 1.54) is 27.2 Å². The Morgan fingerprint density at radius 3 is 2.78 bits per heavy atom. The van der Waals surface area contributed by atoms with Crippen molar-refractivity contribution in [2.75, 3.05) is 0 Å². The molecule has 3 aromatic heterocycles. The molecule has 0 radical (unpaired) electrons. The van der Waals surface area contributed by atoms with E-state index in [1.807, 2.05) is 17.5 Å². The van der Waals surface area contributed by atoms with Crippen molar-refractivity contribution >= 4 is 56.9 Å². The summed E-state index contributed by atoms with van der Waals surface area (Å²) in [6.07, 6.45) is 1.73. The van der Waals surface area contributed by atoms with Gasteiger partial charge in [-0.2, -0.15) is 9.50 Å². The van der Waals surface area contributed by atoms with E-state index in [1.54, 1.807) is 24.3 Å². The lowest BCUT2D eigenvalue weighted by atomic mass is 10.2. The Hall–Kier alpha value is -1.73. The predicted molar refractivity (Wildman–Crippen MR) is 95.7 cm³/mol. The minimum atomic E-state index is -0.202. The lowest BCUT2D eigenvalue weighted by molar-refractivity contribution is 0.938. The minimum Gasteiger partial charge on any atom is -0.266 e. The van der Waals surface area contributed by atoms with Gasteiger partial charge in [0.05, 0.1) is 9.41 Å². The maximum Gasteiger partial charge on any atom is 0.291 e. The first-order chi connectivity index (χ1) is 11.1. The van der Waals surface area contributed by atoms with Crippen molar-refractivity contribution in [3.8, 4) is 10.7 Å². The van der Waals surface area contributed by atoms with Crippen LogP contribution in [0, 0.1) is 0 Å². The van der Waals surface area contributed by atoms with Crippen molar-refractivity contribution in [3.05, 3.63) is 66.2 Å². The molecule has 114 valence electrons. The van der Waals surface area contributed by atoms with Crippen LogP contribution in [0.25, 0.3) is 21.7 Å². The molecule has 8 heteroatoms. The highest BCUT2D eigenvalue weighted by Gasteiger charge is 2.12. The molecule has 4 rings (SSSR count). The molecule has 4 aromatic rings. The average Bonchev–Trinajstić information content (AvgIpc) is 3.21. The second-order valence-corrected chi connectivity index (χ2v) is 7.49. The number of benzene rings is 1. The first kappa shape index (κ1) is 14.8. The largest absolute Gasteiger partial charge is 0.291 e. The summed E-state index contributed by atoms with van der Waals surface area (Å²) < 4.78 is 1.86. The first-order valence-corrected chi connectivity index (χ1v) is 8.97. The SMILES string of the molecule is O=c1c(=Cc2ccc(Cl)cc2Cl)sc2nc(-c3cccs3)nn12. The van der Waals surface area contributed by atoms with Crippen LogP contribution < -0.4 is 10.1 Å². The van der Waals surface area contributed by atoms with Gasteiger partial charge in [0, 0.05) is 10.0 Å². The Morgan fingerprint density at radius 2 is 2.09 bits per heavy atom. The molecular formula is C15H7Cl2N3OS2. The molecule has 0 aliphatic carbocycles. The third-order valence-corrected chi connectivity index (χ3v) is 5.56. The third kappa shape index (κ3) is 2.68. The highest BCUT2D eigenvalue weighted by atomic mass is 35.5. The topological polar surface area (TPSA) is 47.3 Å². The first-order valence-electron chi connectivity index (χ1n) is 6.52. The number of halogens is 2. The molecule has 0 saturated heterocycles. The molecule has 0 aliphatic heterocycles. The second kappa shape index (κ2) is 5.72. The Balaban J connectivity index is 1.86. The lowest BCUT2D eigenvalue weighted by Crippen LogP contribution is -2.23. The number of rotatable bonds is 2. The number of aromatic nitrogens is 3. The normalized spacial score (nSPS) is 12.3. The van der Waals surface area contributed by atoms with E-state index in [4.69, 9.17) is 23.2 Å². The van der Waals surface area contributed by atoms with E-state index in [9.17, 15) is 4.79 Å². The van der Waals surface area contributed by atoms with Gasteiger partial charge in [-0.1, -0.05) is 46.7 Å². The van der Waals surface area contributed by atoms with Crippen LogP contribution in [0.2, 0.25) is 10.0 Å². The zero-order valence-electron chi connectivity index (χ0n) is 11.4. The van der Waals surface area contributed by atoms with Crippen molar-refractivity contribution in [3.63, 3.8) is 0 Å². The molecule has 0 aliphatic rings. The van der Waals surface area contributed by atoms with Crippen LogP contribution in [-0.4, -0.2) is 14.6 Å². The molecule has 0 atom stereocenters. The summed E-state index contributed by atoms with van der Waals surface area (Å²) in [5.74, 6) is 0.569. The molecule has 4 nitrogen and oxygen atoms in total. The smallest absolute Gasteiger partial charge is 0.266 e. The maximum absolute atomic E-state index is 12.5. The Morgan fingerprint density at radius 1 is 1.22 bits per heavy atom. The van der Waals surface area contributed by atoms with Crippen LogP contribution in [0.15, 0.2) is 40.5 Å². The van der Waals surface area contributed by atoms with E-state index >= 15 is 0 Å². The summed E-state index contributed by atoms with van der Waals surface area (Å²) >= 11 is 14.9. The summed E-state index contributed by atoms with van der Waals surface area (Å²) in [6, 6.07) is 9.00. The molecule has 0 amide bonds. The standard InChI is InChI=1S/C15H7Cl2N3OS2/c16-9-4-3-8(10(17)7-9)6-12-14(21)20-15(23-12)18-13(19-20)11-2-1-5-22-11/h1-7H. The fourth-order valence-corrected chi connectivity index (χ4v) is 4.12. The van der Waals surface area contributed by atoms with E-state index in [0.29, 0.717) is 25.4 Å². The lowest BCUT2D eigenvalue weighted by Gasteiger charge is -1.97. The third-order valence-electron chi connectivity index (χ3n) is 3.17. The molecule has 1 aromatic carbocycles. The van der Waals surface area contributed by atoms with Crippen LogP contribution >= 0.6 is 45.9 Å². The zero-order chi connectivity index (χ0) is 16.0. The second-order valence-electron chi connectivity index (χ2n) is 4.69. The van der Waals surface area contributed by atoms with Crippen LogP contribution in [0.3, 0.4) is 0 Å². The monoisotopic (exact) mass is 379 g/mol. The molecule has 0 spiro atoms. The highest BCUT2D eigenvalue weighted by molar-refractivity contribution is 7.15. The summed E-state index contributed by atoms with van der Waals surface area (Å²) in [5, 5.41) is 7.29. The van der Waals surface area contributed by atoms with Gasteiger partial charge in [0.25, 0.3) is 5.56 Å². The maximum atomic E-state index is 12.5. The van der Waals surface area contributed by atoms with Crippen molar-refractivity contribution in [2.24, 2.45) is 0 Å². The van der Waals surface area contributed by atoms with Crippen LogP contribution in [0.4, 0.5) is 0 Å². The van der Waals surface area contributed by atoms with Gasteiger partial charge < -0.3 is 0 Å². The van der Waals surface area contributed by atoms with E-state index < -0.39 is 0 Å². The Labute approximate surface area is 148 Å². The van der Waals surface area contributed by atoms with Crippen molar-refractivity contribution < 1.29 is 0 Å². The number of hydrogen-bond acceptors (Lipinski definition) is 5. The number of fused-ring (bicyclic) bond motifs is 1. The van der Waals surface area contributed by atoms with Gasteiger partial charge in [0.1, 0.15) is 0 Å². The van der Waals surface area contributed by atoms with Gasteiger partial charge in [-0.25, -0.2) is 0 Å². The average molecular weight is 380 g/mol. The van der Waals surface area contributed by atoms with Crippen molar-refractivity contribution in [1.82, 2.24) is 14.6 Å². The number of thiazole rings is 1. The summed E-state index contributed by atoms with van der Waals surface area (Å²) in [4.78, 5) is 18.4. The molecule has 0 unspecified atom stereocenters. The molecule has 0 saturated carbocycles. The molecular weight excluding hydrogens is 373 g/mol. The van der Waals surface area contributed by atoms with Gasteiger partial charge in [0.15, 0.2) is 5.82 Å². The van der Waals surface area contributed by atoms with Crippen LogP contribution in [-0.2, 0) is 0 Å². The Bertz CT molecular complexity index is 1120. The van der Waals surface area contributed by atoms with Crippen molar-refractivity contribution in [1.29, 1.82) is 0 Å². The van der Waals surface area contributed by atoms with Crippen LogP contribution in [0.5, 0.6) is 0 Å². The van der Waals surface area contributed by atoms with E-state index in [-0.39, 0.29) is 5.56 Å². The van der Waals surface area contributed by atoms with Crippen molar-refractivity contribution in [2.45, 2.75) is 0 Å². The summed E-state index contributed by atoms with van der Waals surface area (Å²) in [5.41, 5.74) is 0.530. The fraction of sp³-hybridized carbons (Fsp3) is 0. The molecule has 0 N–H and O–H groups in total. The van der Waals surface area contributed by atoms with Gasteiger partial charge in [0.2, 0.25) is 4.96 Å². The van der Waals surface area contributed by atoms with Gasteiger partial charge in [-0.05, 0) is 35.2 Å². The molecule has 3 heterocycles.